The van der Waals surface area contributed by atoms with Gasteiger partial charge in [-0.25, -0.2) is 0 Å². The number of halogens is 1. The van der Waals surface area contributed by atoms with E-state index < -0.39 is 17.5 Å². The maximum atomic E-state index is 13.2. The molecule has 0 bridgehead atoms. The Kier molecular flexibility index (Phi) is 4.15. The Hall–Kier alpha value is -2.13. The van der Waals surface area contributed by atoms with E-state index in [-0.39, 0.29) is 5.78 Å². The number of rotatable bonds is 2. The zero-order valence-electron chi connectivity index (χ0n) is 15.0. The van der Waals surface area contributed by atoms with E-state index in [1.165, 1.54) is 0 Å². The van der Waals surface area contributed by atoms with Gasteiger partial charge in [-0.2, -0.15) is 0 Å². The SMILES string of the molecule is Cc1ccc(-c2ccc(Cl)cc2)c(C)c1C1C(=O)OC2(CCCC2)C1=O. The minimum Gasteiger partial charge on any atom is -0.450 e. The molecular formula is C22H21ClO3. The molecule has 3 nitrogen and oxygen atoms in total. The summed E-state index contributed by atoms with van der Waals surface area (Å²) >= 11 is 6.00. The van der Waals surface area contributed by atoms with Crippen LogP contribution in [0.5, 0.6) is 0 Å². The highest BCUT2D eigenvalue weighted by Crippen LogP contribution is 2.46. The second-order valence-electron chi connectivity index (χ2n) is 7.40. The number of benzene rings is 2. The van der Waals surface area contributed by atoms with Gasteiger partial charge in [0.25, 0.3) is 0 Å². The Bertz CT molecular complexity index is 892. The molecule has 1 heterocycles. The van der Waals surface area contributed by atoms with Crippen LogP contribution in [0.4, 0.5) is 0 Å². The third kappa shape index (κ3) is 2.57. The number of hydrogen-bond acceptors (Lipinski definition) is 3. The first-order chi connectivity index (χ1) is 12.4. The van der Waals surface area contributed by atoms with E-state index in [0.29, 0.717) is 17.9 Å². The van der Waals surface area contributed by atoms with Crippen LogP contribution in [0, 0.1) is 13.8 Å². The van der Waals surface area contributed by atoms with E-state index in [9.17, 15) is 9.59 Å². The number of Topliss-reactive ketones (excluding diaryl/α,β-unsaturated/α-hetero) is 1. The van der Waals surface area contributed by atoms with Crippen molar-refractivity contribution in [2.75, 3.05) is 0 Å². The van der Waals surface area contributed by atoms with Gasteiger partial charge < -0.3 is 4.74 Å². The Morgan fingerprint density at radius 2 is 1.65 bits per heavy atom. The zero-order chi connectivity index (χ0) is 18.5. The van der Waals surface area contributed by atoms with Crippen molar-refractivity contribution >= 4 is 23.4 Å². The summed E-state index contributed by atoms with van der Waals surface area (Å²) in [5, 5.41) is 0.677. The summed E-state index contributed by atoms with van der Waals surface area (Å²) in [7, 11) is 0. The number of ketones is 1. The average molecular weight is 369 g/mol. The second kappa shape index (κ2) is 6.24. The fourth-order valence-corrected chi connectivity index (χ4v) is 4.59. The molecule has 1 unspecified atom stereocenters. The topological polar surface area (TPSA) is 43.4 Å². The fourth-order valence-electron chi connectivity index (χ4n) is 4.47. The molecule has 2 aromatic carbocycles. The predicted octanol–water partition coefficient (Wildman–Crippen LogP) is 5.15. The van der Waals surface area contributed by atoms with Gasteiger partial charge in [0.05, 0.1) is 0 Å². The Morgan fingerprint density at radius 3 is 2.31 bits per heavy atom. The molecular weight excluding hydrogens is 348 g/mol. The number of carbonyl (C=O) groups excluding carboxylic acids is 2. The standard InChI is InChI=1S/C22H21ClO3/c1-13-5-10-17(15-6-8-16(23)9-7-15)14(2)18(13)19-20(24)22(26-21(19)25)11-3-4-12-22/h5-10,19H,3-4,11-12H2,1-2H3. The molecule has 2 fully saturated rings. The number of esters is 1. The summed E-state index contributed by atoms with van der Waals surface area (Å²) < 4.78 is 5.65. The van der Waals surface area contributed by atoms with E-state index in [1.807, 2.05) is 50.2 Å². The zero-order valence-corrected chi connectivity index (χ0v) is 15.7. The summed E-state index contributed by atoms with van der Waals surface area (Å²) in [6.45, 7) is 3.93. The number of ether oxygens (including phenoxy) is 1. The van der Waals surface area contributed by atoms with Crippen LogP contribution >= 0.6 is 11.6 Å². The molecule has 26 heavy (non-hydrogen) atoms. The van der Waals surface area contributed by atoms with Gasteiger partial charge in [-0.05, 0) is 79.5 Å². The predicted molar refractivity (Wildman–Crippen MR) is 101 cm³/mol. The molecule has 1 saturated carbocycles. The fraction of sp³-hybridized carbons (Fsp3) is 0.364. The highest BCUT2D eigenvalue weighted by atomic mass is 35.5. The molecule has 1 spiro atoms. The van der Waals surface area contributed by atoms with E-state index in [4.69, 9.17) is 16.3 Å². The van der Waals surface area contributed by atoms with Gasteiger partial charge in [0.2, 0.25) is 0 Å². The quantitative estimate of drug-likeness (QED) is 0.544. The lowest BCUT2D eigenvalue weighted by molar-refractivity contribution is -0.151. The molecule has 1 aliphatic heterocycles. The molecule has 0 amide bonds. The van der Waals surface area contributed by atoms with Crippen LogP contribution in [0.3, 0.4) is 0 Å². The first kappa shape index (κ1) is 17.3. The van der Waals surface area contributed by atoms with Crippen molar-refractivity contribution < 1.29 is 14.3 Å². The minimum atomic E-state index is -0.878. The lowest BCUT2D eigenvalue weighted by Crippen LogP contribution is -2.33. The monoisotopic (exact) mass is 368 g/mol. The van der Waals surface area contributed by atoms with Gasteiger partial charge in [-0.15, -0.1) is 0 Å². The van der Waals surface area contributed by atoms with Gasteiger partial charge in [0.1, 0.15) is 5.92 Å². The van der Waals surface area contributed by atoms with Crippen LogP contribution in [0.1, 0.15) is 48.3 Å². The molecule has 4 heteroatoms. The summed E-state index contributed by atoms with van der Waals surface area (Å²) in [4.78, 5) is 25.9. The summed E-state index contributed by atoms with van der Waals surface area (Å²) in [5.41, 5.74) is 3.86. The van der Waals surface area contributed by atoms with Crippen molar-refractivity contribution in [2.24, 2.45) is 0 Å². The van der Waals surface area contributed by atoms with Crippen molar-refractivity contribution in [3.8, 4) is 11.1 Å². The Balaban J connectivity index is 1.82. The number of carbonyl (C=O) groups is 2. The van der Waals surface area contributed by atoms with Gasteiger partial charge in [0.15, 0.2) is 11.4 Å². The molecule has 2 aliphatic rings. The van der Waals surface area contributed by atoms with Crippen molar-refractivity contribution in [3.05, 3.63) is 58.1 Å². The van der Waals surface area contributed by atoms with Crippen LogP contribution in [0.25, 0.3) is 11.1 Å². The van der Waals surface area contributed by atoms with Crippen LogP contribution in [0.15, 0.2) is 36.4 Å². The minimum absolute atomic E-state index is 0.0561. The van der Waals surface area contributed by atoms with E-state index >= 15 is 0 Å². The van der Waals surface area contributed by atoms with E-state index in [0.717, 1.165) is 40.7 Å². The molecule has 1 saturated heterocycles. The highest BCUT2D eigenvalue weighted by molar-refractivity contribution is 6.30. The molecule has 0 aromatic heterocycles. The van der Waals surface area contributed by atoms with Gasteiger partial charge in [-0.1, -0.05) is 35.9 Å². The lowest BCUT2D eigenvalue weighted by atomic mass is 9.81. The molecule has 1 aliphatic carbocycles. The highest BCUT2D eigenvalue weighted by Gasteiger charge is 2.57. The number of hydrogen-bond donors (Lipinski definition) is 0. The molecule has 1 atom stereocenters. The Labute approximate surface area is 158 Å². The number of aryl methyl sites for hydroxylation is 1. The molecule has 4 rings (SSSR count). The molecule has 134 valence electrons. The lowest BCUT2D eigenvalue weighted by Gasteiger charge is -2.20. The normalized spacial score (nSPS) is 21.4. The first-order valence-electron chi connectivity index (χ1n) is 9.06. The van der Waals surface area contributed by atoms with Gasteiger partial charge in [0, 0.05) is 5.02 Å². The molecule has 0 N–H and O–H groups in total. The summed E-state index contributed by atoms with van der Waals surface area (Å²) in [6.07, 6.45) is 3.19. The van der Waals surface area contributed by atoms with Crippen molar-refractivity contribution in [3.63, 3.8) is 0 Å². The average Bonchev–Trinajstić information content (AvgIpc) is 3.17. The smallest absolute Gasteiger partial charge is 0.322 e. The third-order valence-corrected chi connectivity index (χ3v) is 6.08. The third-order valence-electron chi connectivity index (χ3n) is 5.83. The van der Waals surface area contributed by atoms with Crippen molar-refractivity contribution in [2.45, 2.75) is 51.0 Å². The van der Waals surface area contributed by atoms with Crippen molar-refractivity contribution in [1.29, 1.82) is 0 Å². The maximum absolute atomic E-state index is 13.2. The van der Waals surface area contributed by atoms with Gasteiger partial charge in [-0.3, -0.25) is 9.59 Å². The van der Waals surface area contributed by atoms with Crippen LogP contribution in [-0.4, -0.2) is 17.4 Å². The summed E-state index contributed by atoms with van der Waals surface area (Å²) in [5.74, 6) is -1.25. The van der Waals surface area contributed by atoms with Crippen molar-refractivity contribution in [1.82, 2.24) is 0 Å². The van der Waals surface area contributed by atoms with Crippen LogP contribution in [-0.2, 0) is 14.3 Å². The maximum Gasteiger partial charge on any atom is 0.322 e. The van der Waals surface area contributed by atoms with Gasteiger partial charge >= 0.3 is 5.97 Å². The molecule has 0 radical (unpaired) electrons. The largest absolute Gasteiger partial charge is 0.450 e. The Morgan fingerprint density at radius 1 is 1.00 bits per heavy atom. The summed E-state index contributed by atoms with van der Waals surface area (Å²) in [6, 6.07) is 11.6. The van der Waals surface area contributed by atoms with Crippen LogP contribution < -0.4 is 0 Å². The van der Waals surface area contributed by atoms with Crippen LogP contribution in [0.2, 0.25) is 5.02 Å². The van der Waals surface area contributed by atoms with E-state index in [1.54, 1.807) is 0 Å². The molecule has 2 aromatic rings. The second-order valence-corrected chi connectivity index (χ2v) is 7.83. The van der Waals surface area contributed by atoms with E-state index in [2.05, 4.69) is 0 Å². The first-order valence-corrected chi connectivity index (χ1v) is 9.44.